The molecule has 0 aliphatic carbocycles. The number of rotatable bonds is 4. The molecule has 0 saturated heterocycles. The van der Waals surface area contributed by atoms with Crippen molar-refractivity contribution in [1.29, 1.82) is 0 Å². The van der Waals surface area contributed by atoms with Crippen LogP contribution in [0.25, 0.3) is 0 Å². The second-order valence-corrected chi connectivity index (χ2v) is 4.46. The average Bonchev–Trinajstić information content (AvgIpc) is 2.43. The SMILES string of the molecule is COc1ccccc1Nc1cc(C)c(C)cc1OC. The Morgan fingerprint density at radius 1 is 0.789 bits per heavy atom. The van der Waals surface area contributed by atoms with Crippen LogP contribution in [0.2, 0.25) is 0 Å². The predicted octanol–water partition coefficient (Wildman–Crippen LogP) is 4.06. The fourth-order valence-electron chi connectivity index (χ4n) is 1.95. The zero-order chi connectivity index (χ0) is 13.8. The lowest BCUT2D eigenvalue weighted by Crippen LogP contribution is -1.98. The minimum absolute atomic E-state index is 0.808. The first-order valence-corrected chi connectivity index (χ1v) is 6.21. The maximum absolute atomic E-state index is 5.42. The van der Waals surface area contributed by atoms with E-state index >= 15 is 0 Å². The van der Waals surface area contributed by atoms with Crippen molar-refractivity contribution in [2.45, 2.75) is 13.8 Å². The van der Waals surface area contributed by atoms with Crippen molar-refractivity contribution >= 4 is 11.4 Å². The van der Waals surface area contributed by atoms with Gasteiger partial charge in [0.05, 0.1) is 25.6 Å². The molecule has 0 amide bonds. The first-order valence-electron chi connectivity index (χ1n) is 6.21. The molecule has 0 aromatic heterocycles. The van der Waals surface area contributed by atoms with E-state index in [0.717, 1.165) is 22.9 Å². The molecule has 0 fully saturated rings. The highest BCUT2D eigenvalue weighted by molar-refractivity contribution is 5.71. The summed E-state index contributed by atoms with van der Waals surface area (Å²) >= 11 is 0. The Kier molecular flexibility index (Phi) is 3.95. The summed E-state index contributed by atoms with van der Waals surface area (Å²) in [6.07, 6.45) is 0. The molecule has 2 aromatic rings. The number of benzene rings is 2. The summed E-state index contributed by atoms with van der Waals surface area (Å²) in [5.41, 5.74) is 4.29. The third-order valence-electron chi connectivity index (χ3n) is 3.19. The molecule has 3 heteroatoms. The fraction of sp³-hybridized carbons (Fsp3) is 0.250. The molecule has 0 unspecified atom stereocenters. The van der Waals surface area contributed by atoms with Gasteiger partial charge in [0.25, 0.3) is 0 Å². The Bertz CT molecular complexity index is 579. The van der Waals surface area contributed by atoms with Crippen molar-refractivity contribution in [3.05, 3.63) is 47.5 Å². The molecule has 0 aliphatic heterocycles. The van der Waals surface area contributed by atoms with Gasteiger partial charge in [-0.05, 0) is 49.2 Å². The standard InChI is InChI=1S/C16H19NO2/c1-11-9-14(16(19-4)10-12(11)2)17-13-7-5-6-8-15(13)18-3/h5-10,17H,1-4H3. The van der Waals surface area contributed by atoms with Gasteiger partial charge in [0.1, 0.15) is 11.5 Å². The summed E-state index contributed by atoms with van der Waals surface area (Å²) in [4.78, 5) is 0. The smallest absolute Gasteiger partial charge is 0.142 e. The van der Waals surface area contributed by atoms with E-state index in [-0.39, 0.29) is 0 Å². The lowest BCUT2D eigenvalue weighted by Gasteiger charge is -2.15. The highest BCUT2D eigenvalue weighted by atomic mass is 16.5. The van der Waals surface area contributed by atoms with E-state index in [1.807, 2.05) is 30.3 Å². The molecule has 0 radical (unpaired) electrons. The highest BCUT2D eigenvalue weighted by Crippen LogP contribution is 2.33. The number of aryl methyl sites for hydroxylation is 2. The van der Waals surface area contributed by atoms with Gasteiger partial charge in [-0.1, -0.05) is 12.1 Å². The highest BCUT2D eigenvalue weighted by Gasteiger charge is 2.08. The Labute approximate surface area is 114 Å². The van der Waals surface area contributed by atoms with Crippen LogP contribution in [0.5, 0.6) is 11.5 Å². The summed E-state index contributed by atoms with van der Waals surface area (Å²) in [7, 11) is 3.34. The Morgan fingerprint density at radius 2 is 1.42 bits per heavy atom. The molecule has 0 saturated carbocycles. The summed E-state index contributed by atoms with van der Waals surface area (Å²) < 4.78 is 10.8. The predicted molar refractivity (Wildman–Crippen MR) is 78.7 cm³/mol. The minimum atomic E-state index is 0.808. The molecule has 0 aliphatic rings. The molecule has 0 atom stereocenters. The zero-order valence-corrected chi connectivity index (χ0v) is 11.8. The number of hydrogen-bond acceptors (Lipinski definition) is 3. The van der Waals surface area contributed by atoms with Gasteiger partial charge in [-0.2, -0.15) is 0 Å². The van der Waals surface area contributed by atoms with Crippen LogP contribution >= 0.6 is 0 Å². The van der Waals surface area contributed by atoms with Gasteiger partial charge in [-0.25, -0.2) is 0 Å². The van der Waals surface area contributed by atoms with E-state index in [4.69, 9.17) is 9.47 Å². The van der Waals surface area contributed by atoms with E-state index in [1.165, 1.54) is 11.1 Å². The van der Waals surface area contributed by atoms with Crippen molar-refractivity contribution in [2.75, 3.05) is 19.5 Å². The Balaban J connectivity index is 2.40. The van der Waals surface area contributed by atoms with Crippen LogP contribution in [0.4, 0.5) is 11.4 Å². The van der Waals surface area contributed by atoms with Gasteiger partial charge in [-0.15, -0.1) is 0 Å². The molecular weight excluding hydrogens is 238 g/mol. The van der Waals surface area contributed by atoms with Crippen molar-refractivity contribution in [2.24, 2.45) is 0 Å². The van der Waals surface area contributed by atoms with E-state index in [1.54, 1.807) is 14.2 Å². The fourth-order valence-corrected chi connectivity index (χ4v) is 1.95. The average molecular weight is 257 g/mol. The molecular formula is C16H19NO2. The van der Waals surface area contributed by atoms with Crippen LogP contribution in [-0.2, 0) is 0 Å². The maximum Gasteiger partial charge on any atom is 0.142 e. The molecule has 2 rings (SSSR count). The number of hydrogen-bond donors (Lipinski definition) is 1. The van der Waals surface area contributed by atoms with Crippen molar-refractivity contribution in [1.82, 2.24) is 0 Å². The van der Waals surface area contributed by atoms with Crippen LogP contribution in [0, 0.1) is 13.8 Å². The Morgan fingerprint density at radius 3 is 2.11 bits per heavy atom. The van der Waals surface area contributed by atoms with Crippen LogP contribution in [0.1, 0.15) is 11.1 Å². The molecule has 1 N–H and O–H groups in total. The molecule has 2 aromatic carbocycles. The van der Waals surface area contributed by atoms with Gasteiger partial charge in [0.2, 0.25) is 0 Å². The minimum Gasteiger partial charge on any atom is -0.495 e. The first kappa shape index (κ1) is 13.3. The van der Waals surface area contributed by atoms with Crippen molar-refractivity contribution < 1.29 is 9.47 Å². The van der Waals surface area contributed by atoms with Crippen LogP contribution < -0.4 is 14.8 Å². The summed E-state index contributed by atoms with van der Waals surface area (Å²) in [5.74, 6) is 1.64. The molecule has 100 valence electrons. The van der Waals surface area contributed by atoms with Crippen LogP contribution in [0.15, 0.2) is 36.4 Å². The third kappa shape index (κ3) is 2.81. The number of methoxy groups -OCH3 is 2. The lowest BCUT2D eigenvalue weighted by molar-refractivity contribution is 0.414. The first-order chi connectivity index (χ1) is 9.15. The van der Waals surface area contributed by atoms with Gasteiger partial charge in [0.15, 0.2) is 0 Å². The van der Waals surface area contributed by atoms with E-state index in [0.29, 0.717) is 0 Å². The monoisotopic (exact) mass is 257 g/mol. The van der Waals surface area contributed by atoms with E-state index in [2.05, 4.69) is 25.2 Å². The van der Waals surface area contributed by atoms with Gasteiger partial charge < -0.3 is 14.8 Å². The summed E-state index contributed by atoms with van der Waals surface area (Å²) in [6.45, 7) is 4.16. The van der Waals surface area contributed by atoms with Gasteiger partial charge in [-0.3, -0.25) is 0 Å². The number of para-hydroxylation sites is 2. The third-order valence-corrected chi connectivity index (χ3v) is 3.19. The summed E-state index contributed by atoms with van der Waals surface area (Å²) in [5, 5.41) is 3.36. The zero-order valence-electron chi connectivity index (χ0n) is 11.8. The second-order valence-electron chi connectivity index (χ2n) is 4.46. The molecule has 19 heavy (non-hydrogen) atoms. The topological polar surface area (TPSA) is 30.5 Å². The van der Waals surface area contributed by atoms with Crippen LogP contribution in [-0.4, -0.2) is 14.2 Å². The van der Waals surface area contributed by atoms with Crippen molar-refractivity contribution in [3.63, 3.8) is 0 Å². The number of ether oxygens (including phenoxy) is 2. The van der Waals surface area contributed by atoms with E-state index in [9.17, 15) is 0 Å². The quantitative estimate of drug-likeness (QED) is 0.895. The summed E-state index contributed by atoms with van der Waals surface area (Å²) in [6, 6.07) is 11.9. The molecule has 0 bridgehead atoms. The lowest BCUT2D eigenvalue weighted by atomic mass is 10.1. The number of nitrogens with one attached hydrogen (secondary N) is 1. The van der Waals surface area contributed by atoms with Crippen molar-refractivity contribution in [3.8, 4) is 11.5 Å². The molecule has 0 spiro atoms. The molecule has 3 nitrogen and oxygen atoms in total. The normalized spacial score (nSPS) is 10.1. The van der Waals surface area contributed by atoms with E-state index < -0.39 is 0 Å². The molecule has 0 heterocycles. The largest absolute Gasteiger partial charge is 0.495 e. The number of anilines is 2. The van der Waals surface area contributed by atoms with Crippen LogP contribution in [0.3, 0.4) is 0 Å². The Hall–Kier alpha value is -2.16. The second kappa shape index (κ2) is 5.65. The maximum atomic E-state index is 5.42. The van der Waals surface area contributed by atoms with Gasteiger partial charge >= 0.3 is 0 Å². The van der Waals surface area contributed by atoms with Gasteiger partial charge in [0, 0.05) is 0 Å².